The lowest BCUT2D eigenvalue weighted by molar-refractivity contribution is -0.139. The molecule has 0 bridgehead atoms. The maximum Gasteiger partial charge on any atom is 0.309 e. The number of hydrogen-bond donors (Lipinski definition) is 2. The molecule has 0 radical (unpaired) electrons. The highest BCUT2D eigenvalue weighted by molar-refractivity contribution is 6.35. The van der Waals surface area contributed by atoms with Gasteiger partial charge in [-0.05, 0) is 48.5 Å². The van der Waals surface area contributed by atoms with Crippen molar-refractivity contribution in [1.29, 1.82) is 0 Å². The maximum atomic E-state index is 12.3. The fourth-order valence-corrected chi connectivity index (χ4v) is 3.91. The molecule has 9 nitrogen and oxygen atoms in total. The number of carbonyl (C=O) groups excluding carboxylic acids is 2. The normalized spacial score (nSPS) is 15.1. The molecule has 2 N–H and O–H groups in total. The summed E-state index contributed by atoms with van der Waals surface area (Å²) in [4.78, 5) is 29.0. The van der Waals surface area contributed by atoms with Crippen molar-refractivity contribution in [2.45, 2.75) is 12.6 Å². The molecular formula is C24H28N4O5. The molecule has 1 aliphatic rings. The quantitative estimate of drug-likeness (QED) is 0.505. The van der Waals surface area contributed by atoms with Crippen molar-refractivity contribution in [2.75, 3.05) is 44.7 Å². The first-order valence-electron chi connectivity index (χ1n) is 10.9. The van der Waals surface area contributed by atoms with Gasteiger partial charge in [0.2, 0.25) is 0 Å². The summed E-state index contributed by atoms with van der Waals surface area (Å²) >= 11 is 0. The Morgan fingerprint density at radius 2 is 1.64 bits per heavy atom. The number of hydrogen-bond acceptors (Lipinski definition) is 7. The Hall–Kier alpha value is -3.72. The monoisotopic (exact) mass is 452 g/mol. The Bertz CT molecular complexity index is 1010. The average molecular weight is 453 g/mol. The molecule has 0 aliphatic carbocycles. The number of amides is 2. The van der Waals surface area contributed by atoms with E-state index in [4.69, 9.17) is 13.6 Å². The summed E-state index contributed by atoms with van der Waals surface area (Å²) in [6, 6.07) is 15.0. The average Bonchev–Trinajstić information content (AvgIpc) is 3.58. The van der Waals surface area contributed by atoms with Crippen molar-refractivity contribution >= 4 is 17.5 Å². The Morgan fingerprint density at radius 3 is 2.27 bits per heavy atom. The summed E-state index contributed by atoms with van der Waals surface area (Å²) in [7, 11) is 1.66. The van der Waals surface area contributed by atoms with E-state index in [0.717, 1.165) is 43.4 Å². The van der Waals surface area contributed by atoms with Gasteiger partial charge in [-0.2, -0.15) is 0 Å². The number of anilines is 1. The third kappa shape index (κ3) is 5.75. The molecule has 33 heavy (non-hydrogen) atoms. The van der Waals surface area contributed by atoms with E-state index in [2.05, 4.69) is 32.6 Å². The third-order valence-electron chi connectivity index (χ3n) is 5.73. The fraction of sp³-hybridized carbons (Fsp3) is 0.333. The van der Waals surface area contributed by atoms with Gasteiger partial charge < -0.3 is 29.1 Å². The lowest BCUT2D eigenvalue weighted by Gasteiger charge is -2.39. The lowest BCUT2D eigenvalue weighted by atomic mass is 10.1. The van der Waals surface area contributed by atoms with Crippen LogP contribution >= 0.6 is 0 Å². The van der Waals surface area contributed by atoms with Crippen molar-refractivity contribution in [3.8, 4) is 5.75 Å². The molecule has 0 saturated carbocycles. The second-order valence-electron chi connectivity index (χ2n) is 7.72. The van der Waals surface area contributed by atoms with Gasteiger partial charge in [-0.25, -0.2) is 0 Å². The van der Waals surface area contributed by atoms with Gasteiger partial charge in [0.05, 0.1) is 32.2 Å². The van der Waals surface area contributed by atoms with Crippen LogP contribution in [0.1, 0.15) is 17.6 Å². The SMILES string of the molecule is COc1ccc(N2CCN(C(CNC(=O)C(=O)NCc3ccco3)c3ccco3)CC2)cc1. The van der Waals surface area contributed by atoms with E-state index in [9.17, 15) is 9.59 Å². The summed E-state index contributed by atoms with van der Waals surface area (Å²) < 4.78 is 16.0. The number of methoxy groups -OCH3 is 1. The molecule has 0 spiro atoms. The van der Waals surface area contributed by atoms with Crippen molar-refractivity contribution < 1.29 is 23.2 Å². The number of furan rings is 2. The highest BCUT2D eigenvalue weighted by Gasteiger charge is 2.28. The first-order valence-corrected chi connectivity index (χ1v) is 10.9. The Balaban J connectivity index is 1.32. The maximum absolute atomic E-state index is 12.3. The van der Waals surface area contributed by atoms with Crippen LogP contribution < -0.4 is 20.3 Å². The van der Waals surface area contributed by atoms with Gasteiger partial charge in [0.15, 0.2) is 0 Å². The van der Waals surface area contributed by atoms with Gasteiger partial charge in [0, 0.05) is 38.4 Å². The van der Waals surface area contributed by atoms with Crippen LogP contribution in [-0.4, -0.2) is 56.5 Å². The summed E-state index contributed by atoms with van der Waals surface area (Å²) in [5.41, 5.74) is 1.14. The Morgan fingerprint density at radius 1 is 0.939 bits per heavy atom. The number of rotatable bonds is 8. The van der Waals surface area contributed by atoms with Crippen LogP contribution in [0.5, 0.6) is 5.75 Å². The minimum Gasteiger partial charge on any atom is -0.497 e. The van der Waals surface area contributed by atoms with Crippen LogP contribution in [0.4, 0.5) is 5.69 Å². The van der Waals surface area contributed by atoms with Crippen LogP contribution in [0.25, 0.3) is 0 Å². The van der Waals surface area contributed by atoms with Gasteiger partial charge in [-0.1, -0.05) is 0 Å². The van der Waals surface area contributed by atoms with Crippen molar-refractivity contribution in [1.82, 2.24) is 15.5 Å². The first kappa shape index (κ1) is 22.5. The topological polar surface area (TPSA) is 100 Å². The van der Waals surface area contributed by atoms with Crippen molar-refractivity contribution in [2.24, 2.45) is 0 Å². The highest BCUT2D eigenvalue weighted by Crippen LogP contribution is 2.25. The number of nitrogens with one attached hydrogen (secondary N) is 2. The predicted octanol–water partition coefficient (Wildman–Crippen LogP) is 2.18. The molecule has 2 amide bonds. The van der Waals surface area contributed by atoms with E-state index < -0.39 is 11.8 Å². The van der Waals surface area contributed by atoms with E-state index in [0.29, 0.717) is 5.76 Å². The van der Waals surface area contributed by atoms with Crippen LogP contribution in [0.15, 0.2) is 69.9 Å². The molecule has 1 fully saturated rings. The van der Waals surface area contributed by atoms with Crippen LogP contribution in [0, 0.1) is 0 Å². The summed E-state index contributed by atoms with van der Waals surface area (Å²) in [5.74, 6) is 0.784. The predicted molar refractivity (Wildman–Crippen MR) is 122 cm³/mol. The summed E-state index contributed by atoms with van der Waals surface area (Å²) in [6.45, 7) is 3.68. The van der Waals surface area contributed by atoms with Gasteiger partial charge in [0.1, 0.15) is 17.3 Å². The van der Waals surface area contributed by atoms with Crippen LogP contribution in [0.3, 0.4) is 0 Å². The molecule has 3 aromatic rings. The van der Waals surface area contributed by atoms with Gasteiger partial charge in [-0.15, -0.1) is 0 Å². The zero-order valence-electron chi connectivity index (χ0n) is 18.5. The number of carbonyl (C=O) groups is 2. The van der Waals surface area contributed by atoms with Crippen LogP contribution in [0.2, 0.25) is 0 Å². The fourth-order valence-electron chi connectivity index (χ4n) is 3.91. The Kier molecular flexibility index (Phi) is 7.31. The molecule has 3 heterocycles. The second kappa shape index (κ2) is 10.7. The van der Waals surface area contributed by atoms with Crippen molar-refractivity contribution in [3.05, 3.63) is 72.6 Å². The van der Waals surface area contributed by atoms with E-state index in [1.54, 1.807) is 25.5 Å². The molecule has 1 aliphatic heterocycles. The number of piperazine rings is 1. The van der Waals surface area contributed by atoms with Crippen LogP contribution in [-0.2, 0) is 16.1 Å². The molecule has 4 rings (SSSR count). The molecule has 1 unspecified atom stereocenters. The minimum atomic E-state index is -0.700. The number of ether oxygens (including phenoxy) is 1. The third-order valence-corrected chi connectivity index (χ3v) is 5.73. The lowest BCUT2D eigenvalue weighted by Crippen LogP contribution is -2.50. The molecule has 1 aromatic carbocycles. The van der Waals surface area contributed by atoms with E-state index in [1.807, 2.05) is 24.3 Å². The van der Waals surface area contributed by atoms with E-state index in [1.165, 1.54) is 6.26 Å². The zero-order chi connectivity index (χ0) is 23.0. The van der Waals surface area contributed by atoms with Crippen molar-refractivity contribution in [3.63, 3.8) is 0 Å². The smallest absolute Gasteiger partial charge is 0.309 e. The largest absolute Gasteiger partial charge is 0.497 e. The molecule has 9 heteroatoms. The highest BCUT2D eigenvalue weighted by atomic mass is 16.5. The molecule has 1 saturated heterocycles. The van der Waals surface area contributed by atoms with E-state index in [-0.39, 0.29) is 19.1 Å². The number of benzene rings is 1. The number of nitrogens with zero attached hydrogens (tertiary/aromatic N) is 2. The van der Waals surface area contributed by atoms with Gasteiger partial charge >= 0.3 is 11.8 Å². The second-order valence-corrected chi connectivity index (χ2v) is 7.72. The Labute approximate surface area is 192 Å². The zero-order valence-corrected chi connectivity index (χ0v) is 18.5. The molecule has 1 atom stereocenters. The molecular weight excluding hydrogens is 424 g/mol. The minimum absolute atomic E-state index is 0.161. The molecule has 2 aromatic heterocycles. The van der Waals surface area contributed by atoms with Gasteiger partial charge in [-0.3, -0.25) is 14.5 Å². The van der Waals surface area contributed by atoms with E-state index >= 15 is 0 Å². The standard InChI is InChI=1S/C24H28N4O5/c1-31-19-8-6-18(7-9-19)27-10-12-28(13-11-27)21(22-5-3-15-33-22)17-26-24(30)23(29)25-16-20-4-2-14-32-20/h2-9,14-15,21H,10-13,16-17H2,1H3,(H,25,29)(H,26,30). The summed E-state index contributed by atoms with van der Waals surface area (Å²) in [6.07, 6.45) is 3.14. The first-order chi connectivity index (χ1) is 16.1. The summed E-state index contributed by atoms with van der Waals surface area (Å²) in [5, 5.41) is 5.30. The van der Waals surface area contributed by atoms with Gasteiger partial charge in [0.25, 0.3) is 0 Å². The molecule has 174 valence electrons.